The molecular weight excluding hydrogens is 547 g/mol. The van der Waals surface area contributed by atoms with Crippen molar-refractivity contribution in [3.8, 4) is 5.75 Å². The van der Waals surface area contributed by atoms with Crippen molar-refractivity contribution >= 4 is 11.8 Å². The number of aryl methyl sites for hydroxylation is 1. The van der Waals surface area contributed by atoms with Crippen molar-refractivity contribution < 1.29 is 36.6 Å². The number of fused-ring (bicyclic) bond motifs is 1. The quantitative estimate of drug-likeness (QED) is 0.368. The Morgan fingerprint density at radius 3 is 2.51 bits per heavy atom. The highest BCUT2D eigenvalue weighted by Crippen LogP contribution is 2.44. The van der Waals surface area contributed by atoms with E-state index in [9.17, 15) is 23.1 Å². The molecule has 0 radical (unpaired) electrons. The summed E-state index contributed by atoms with van der Waals surface area (Å²) in [5, 5.41) is 16.8. The molecule has 0 spiro atoms. The van der Waals surface area contributed by atoms with Crippen LogP contribution in [0.4, 0.5) is 32.6 Å². The second-order valence-electron chi connectivity index (χ2n) is 10.3. The number of nitrogens with zero attached hydrogens (tertiary/aromatic N) is 2. The van der Waals surface area contributed by atoms with E-state index in [1.165, 1.54) is 12.7 Å². The lowest BCUT2D eigenvalue weighted by Gasteiger charge is -2.28. The number of aliphatic hydroxyl groups is 1. The number of amides is 2. The SMILES string of the molecule is COc1cc(F)c([C@@H]2CN(c3ncccc3C(F)(F)F)C(O)C2CNC(=O)NC2CCc3ccccc3C2)c(F)c1. The van der Waals surface area contributed by atoms with Gasteiger partial charge in [0.1, 0.15) is 29.4 Å². The Labute approximate surface area is 233 Å². The van der Waals surface area contributed by atoms with Crippen LogP contribution in [0, 0.1) is 17.6 Å². The van der Waals surface area contributed by atoms with Crippen molar-refractivity contribution in [3.63, 3.8) is 0 Å². The van der Waals surface area contributed by atoms with Crippen molar-refractivity contribution in [1.82, 2.24) is 15.6 Å². The van der Waals surface area contributed by atoms with E-state index in [4.69, 9.17) is 4.74 Å². The van der Waals surface area contributed by atoms with Gasteiger partial charge in [-0.05, 0) is 42.5 Å². The molecule has 4 atom stereocenters. The van der Waals surface area contributed by atoms with E-state index >= 15 is 8.78 Å². The lowest BCUT2D eigenvalue weighted by molar-refractivity contribution is -0.137. The Kier molecular flexibility index (Phi) is 8.03. The third-order valence-electron chi connectivity index (χ3n) is 7.82. The number of anilines is 1. The Morgan fingerprint density at radius 1 is 1.12 bits per heavy atom. The van der Waals surface area contributed by atoms with Gasteiger partial charge in [-0.3, -0.25) is 0 Å². The lowest BCUT2D eigenvalue weighted by atomic mass is 9.87. The number of hydrogen-bond acceptors (Lipinski definition) is 5. The number of hydrogen-bond donors (Lipinski definition) is 3. The summed E-state index contributed by atoms with van der Waals surface area (Å²) >= 11 is 0. The van der Waals surface area contributed by atoms with Crippen molar-refractivity contribution in [2.45, 2.75) is 43.6 Å². The van der Waals surface area contributed by atoms with E-state index in [2.05, 4.69) is 15.6 Å². The smallest absolute Gasteiger partial charge is 0.419 e. The number of pyridine rings is 1. The third kappa shape index (κ3) is 5.92. The number of aromatic nitrogens is 1. The van der Waals surface area contributed by atoms with Crippen LogP contribution >= 0.6 is 0 Å². The molecule has 1 aliphatic heterocycles. The highest BCUT2D eigenvalue weighted by atomic mass is 19.4. The molecule has 2 aromatic carbocycles. The fourth-order valence-electron chi connectivity index (χ4n) is 5.81. The van der Waals surface area contributed by atoms with Crippen molar-refractivity contribution in [2.24, 2.45) is 5.92 Å². The van der Waals surface area contributed by atoms with Crippen LogP contribution in [0.25, 0.3) is 0 Å². The molecule has 7 nitrogen and oxygen atoms in total. The Hall–Kier alpha value is -3.93. The number of ether oxygens (including phenoxy) is 1. The number of methoxy groups -OCH3 is 1. The summed E-state index contributed by atoms with van der Waals surface area (Å²) in [6.07, 6.45) is -3.14. The van der Waals surface area contributed by atoms with Gasteiger partial charge in [-0.15, -0.1) is 0 Å². The number of nitrogens with one attached hydrogen (secondary N) is 2. The van der Waals surface area contributed by atoms with Gasteiger partial charge in [0, 0.05) is 54.9 Å². The standard InChI is InChI=1S/C29H29F5N4O3/c1-41-19-12-23(30)25(24(31)13-19)21-15-38(26-22(29(32,33)34)7-4-10-35-26)27(39)20(21)14-36-28(40)37-18-9-8-16-5-2-3-6-17(16)11-18/h2-7,10,12-13,18,20-21,27,39H,8-9,11,14-15H2,1H3,(H2,36,37,40)/t18?,20?,21-,27?/m1/s1. The van der Waals surface area contributed by atoms with Gasteiger partial charge < -0.3 is 25.4 Å². The average Bonchev–Trinajstić information content (AvgIpc) is 3.26. The summed E-state index contributed by atoms with van der Waals surface area (Å²) in [6, 6.07) is 11.1. The van der Waals surface area contributed by atoms with Crippen LogP contribution in [0.2, 0.25) is 0 Å². The first-order chi connectivity index (χ1) is 19.6. The molecule has 1 aromatic heterocycles. The van der Waals surface area contributed by atoms with Gasteiger partial charge in [-0.1, -0.05) is 24.3 Å². The maximum atomic E-state index is 15.2. The van der Waals surface area contributed by atoms with E-state index in [1.807, 2.05) is 24.3 Å². The van der Waals surface area contributed by atoms with Gasteiger partial charge in [0.25, 0.3) is 0 Å². The normalized spacial score (nSPS) is 22.3. The highest BCUT2D eigenvalue weighted by molar-refractivity contribution is 5.74. The molecule has 218 valence electrons. The van der Waals surface area contributed by atoms with E-state index in [0.717, 1.165) is 53.8 Å². The van der Waals surface area contributed by atoms with Crippen LogP contribution in [0.3, 0.4) is 0 Å². The molecule has 1 fully saturated rings. The number of carbonyl (C=O) groups is 1. The van der Waals surface area contributed by atoms with Crippen molar-refractivity contribution in [2.75, 3.05) is 25.1 Å². The number of benzene rings is 2. The summed E-state index contributed by atoms with van der Waals surface area (Å²) in [7, 11) is 1.24. The number of rotatable bonds is 6. The molecule has 3 N–H and O–H groups in total. The van der Waals surface area contributed by atoms with Crippen LogP contribution in [-0.4, -0.2) is 48.6 Å². The van der Waals surface area contributed by atoms with E-state index in [0.29, 0.717) is 6.42 Å². The van der Waals surface area contributed by atoms with Gasteiger partial charge in [0.15, 0.2) is 0 Å². The maximum Gasteiger partial charge on any atom is 0.419 e. The zero-order chi connectivity index (χ0) is 29.3. The van der Waals surface area contributed by atoms with Crippen molar-refractivity contribution in [1.29, 1.82) is 0 Å². The molecule has 1 saturated heterocycles. The van der Waals surface area contributed by atoms with Crippen LogP contribution in [0.15, 0.2) is 54.7 Å². The molecule has 2 heterocycles. The Bertz CT molecular complexity index is 1400. The monoisotopic (exact) mass is 576 g/mol. The molecule has 2 amide bonds. The predicted molar refractivity (Wildman–Crippen MR) is 141 cm³/mol. The fraction of sp³-hybridized carbons (Fsp3) is 0.379. The summed E-state index contributed by atoms with van der Waals surface area (Å²) < 4.78 is 76.6. The summed E-state index contributed by atoms with van der Waals surface area (Å²) in [6.45, 7) is -0.647. The average molecular weight is 577 g/mol. The Balaban J connectivity index is 1.39. The minimum Gasteiger partial charge on any atom is -0.497 e. The van der Waals surface area contributed by atoms with Crippen molar-refractivity contribution in [3.05, 3.63) is 88.6 Å². The second-order valence-corrected chi connectivity index (χ2v) is 10.3. The molecule has 3 unspecified atom stereocenters. The first kappa shape index (κ1) is 28.6. The van der Waals surface area contributed by atoms with Crippen LogP contribution < -0.4 is 20.3 Å². The molecule has 1 aliphatic carbocycles. The molecular formula is C29H29F5N4O3. The molecule has 3 aromatic rings. The molecule has 0 bridgehead atoms. The third-order valence-corrected chi connectivity index (χ3v) is 7.82. The minimum atomic E-state index is -4.79. The first-order valence-corrected chi connectivity index (χ1v) is 13.2. The maximum absolute atomic E-state index is 15.2. The van der Waals surface area contributed by atoms with E-state index < -0.39 is 58.9 Å². The Morgan fingerprint density at radius 2 is 1.83 bits per heavy atom. The number of aliphatic hydroxyl groups excluding tert-OH is 1. The highest BCUT2D eigenvalue weighted by Gasteiger charge is 2.47. The molecule has 12 heteroatoms. The number of halogens is 5. The second kappa shape index (κ2) is 11.5. The zero-order valence-corrected chi connectivity index (χ0v) is 22.1. The first-order valence-electron chi connectivity index (χ1n) is 13.2. The molecule has 41 heavy (non-hydrogen) atoms. The topological polar surface area (TPSA) is 86.7 Å². The van der Waals surface area contributed by atoms with Gasteiger partial charge in [0.2, 0.25) is 0 Å². The number of carbonyl (C=O) groups excluding carboxylic acids is 1. The molecule has 2 aliphatic rings. The predicted octanol–water partition coefficient (Wildman–Crippen LogP) is 4.78. The fourth-order valence-corrected chi connectivity index (χ4v) is 5.81. The number of urea groups is 1. The molecule has 0 saturated carbocycles. The number of alkyl halides is 3. The van der Waals surface area contributed by atoms with E-state index in [1.54, 1.807) is 0 Å². The van der Waals surface area contributed by atoms with Gasteiger partial charge in [0.05, 0.1) is 12.7 Å². The lowest BCUT2D eigenvalue weighted by Crippen LogP contribution is -2.47. The molecule has 5 rings (SSSR count). The minimum absolute atomic E-state index is 0.0775. The summed E-state index contributed by atoms with van der Waals surface area (Å²) in [5.41, 5.74) is 0.830. The largest absolute Gasteiger partial charge is 0.497 e. The van der Waals surface area contributed by atoms with Gasteiger partial charge in [-0.25, -0.2) is 18.6 Å². The summed E-state index contributed by atoms with van der Waals surface area (Å²) in [4.78, 5) is 17.7. The van der Waals surface area contributed by atoms with E-state index in [-0.39, 0.29) is 24.9 Å². The van der Waals surface area contributed by atoms with Gasteiger partial charge >= 0.3 is 12.2 Å². The van der Waals surface area contributed by atoms with Gasteiger partial charge in [-0.2, -0.15) is 13.2 Å². The van der Waals surface area contributed by atoms with Crippen LogP contribution in [0.5, 0.6) is 5.75 Å². The van der Waals surface area contributed by atoms with Crippen LogP contribution in [0.1, 0.15) is 34.6 Å². The van der Waals surface area contributed by atoms with Crippen LogP contribution in [-0.2, 0) is 19.0 Å². The zero-order valence-electron chi connectivity index (χ0n) is 22.1. The summed E-state index contributed by atoms with van der Waals surface area (Å²) in [5.74, 6) is -4.80.